The highest BCUT2D eigenvalue weighted by Gasteiger charge is 2.35. The number of hydrogen-bond acceptors (Lipinski definition) is 7. The van der Waals surface area contributed by atoms with Crippen LogP contribution in [0.3, 0.4) is 0 Å². The maximum atomic E-state index is 12.9. The van der Waals surface area contributed by atoms with Crippen LogP contribution in [0, 0.1) is 12.8 Å². The monoisotopic (exact) mass is 521 g/mol. The van der Waals surface area contributed by atoms with Gasteiger partial charge in [0.25, 0.3) is 0 Å². The van der Waals surface area contributed by atoms with Crippen molar-refractivity contribution >= 4 is 46.1 Å². The van der Waals surface area contributed by atoms with Gasteiger partial charge in [-0.3, -0.25) is 9.59 Å². The molecule has 2 saturated heterocycles. The summed E-state index contributed by atoms with van der Waals surface area (Å²) in [6, 6.07) is 7.83. The summed E-state index contributed by atoms with van der Waals surface area (Å²) in [5, 5.41) is 9.70. The lowest BCUT2D eigenvalue weighted by Crippen LogP contribution is -2.35. The van der Waals surface area contributed by atoms with Gasteiger partial charge in [0.2, 0.25) is 11.8 Å². The molecule has 196 valence electrons. The van der Waals surface area contributed by atoms with Crippen molar-refractivity contribution in [2.75, 3.05) is 36.0 Å². The molecule has 10 heteroatoms. The van der Waals surface area contributed by atoms with Gasteiger partial charge in [0.15, 0.2) is 10.8 Å². The summed E-state index contributed by atoms with van der Waals surface area (Å²) in [4.78, 5) is 39.2. The van der Waals surface area contributed by atoms with Crippen molar-refractivity contribution in [2.24, 2.45) is 5.92 Å². The van der Waals surface area contributed by atoms with Gasteiger partial charge < -0.3 is 15.1 Å². The zero-order valence-corrected chi connectivity index (χ0v) is 22.6. The molecule has 0 saturated carbocycles. The summed E-state index contributed by atoms with van der Waals surface area (Å²) < 4.78 is 1.85. The van der Waals surface area contributed by atoms with E-state index in [0.717, 1.165) is 46.3 Å². The molecule has 0 spiro atoms. The van der Waals surface area contributed by atoms with E-state index in [2.05, 4.69) is 29.2 Å². The Labute approximate surface area is 222 Å². The number of nitrogens with zero attached hydrogens (tertiary/aromatic N) is 6. The predicted molar refractivity (Wildman–Crippen MR) is 147 cm³/mol. The largest absolute Gasteiger partial charge is 0.356 e. The number of aromatic nitrogens is 4. The van der Waals surface area contributed by atoms with E-state index in [1.54, 1.807) is 16.7 Å². The number of nitrogens with one attached hydrogen (secondary N) is 1. The molecule has 9 nitrogen and oxygen atoms in total. The van der Waals surface area contributed by atoms with Gasteiger partial charge in [0, 0.05) is 43.5 Å². The van der Waals surface area contributed by atoms with E-state index >= 15 is 0 Å². The molecule has 1 atom stereocenters. The zero-order chi connectivity index (χ0) is 25.9. The lowest BCUT2D eigenvalue weighted by Gasteiger charge is -2.28. The molecule has 2 aliphatic rings. The first kappa shape index (κ1) is 25.5. The third-order valence-corrected chi connectivity index (χ3v) is 7.78. The Bertz CT molecular complexity index is 1270. The van der Waals surface area contributed by atoms with Crippen molar-refractivity contribution in [1.82, 2.24) is 25.1 Å². The number of hydrogen-bond donors (Lipinski definition) is 1. The summed E-state index contributed by atoms with van der Waals surface area (Å²) in [5.41, 5.74) is 2.78. The smallest absolute Gasteiger partial charge is 0.227 e. The fourth-order valence-corrected chi connectivity index (χ4v) is 5.68. The second-order valence-corrected chi connectivity index (χ2v) is 11.7. The van der Waals surface area contributed by atoms with Crippen LogP contribution in [0.15, 0.2) is 35.6 Å². The molecule has 2 amide bonds. The van der Waals surface area contributed by atoms with Crippen molar-refractivity contribution in [3.63, 3.8) is 0 Å². The third-order valence-electron chi connectivity index (χ3n) is 6.92. The molecule has 2 fully saturated rings. The van der Waals surface area contributed by atoms with E-state index in [9.17, 15) is 9.59 Å². The SMILES string of the molecule is Cc1ccc(N2CC(C(=O)NCCn3ncc4c(N5CCCCC5)nc(SC(C)C)nc43)CC2=O)cc1. The quantitative estimate of drug-likeness (QED) is 0.356. The Morgan fingerprint density at radius 1 is 1.14 bits per heavy atom. The Morgan fingerprint density at radius 3 is 2.62 bits per heavy atom. The number of fused-ring (bicyclic) bond motifs is 1. The van der Waals surface area contributed by atoms with Gasteiger partial charge in [-0.25, -0.2) is 14.6 Å². The molecule has 5 rings (SSSR count). The third kappa shape index (κ3) is 5.74. The second-order valence-electron chi connectivity index (χ2n) is 10.2. The van der Waals surface area contributed by atoms with E-state index < -0.39 is 0 Å². The number of anilines is 2. The maximum absolute atomic E-state index is 12.9. The summed E-state index contributed by atoms with van der Waals surface area (Å²) in [6.45, 7) is 9.61. The van der Waals surface area contributed by atoms with E-state index in [-0.39, 0.29) is 24.2 Å². The number of benzene rings is 1. The number of piperidine rings is 1. The molecule has 1 N–H and O–H groups in total. The first-order valence-electron chi connectivity index (χ1n) is 13.2. The number of rotatable bonds is 8. The Morgan fingerprint density at radius 2 is 1.89 bits per heavy atom. The van der Waals surface area contributed by atoms with Gasteiger partial charge >= 0.3 is 0 Å². The van der Waals surface area contributed by atoms with Crippen LogP contribution in [0.5, 0.6) is 0 Å². The van der Waals surface area contributed by atoms with Crippen molar-refractivity contribution in [3.8, 4) is 0 Å². The van der Waals surface area contributed by atoms with E-state index in [1.807, 2.05) is 42.1 Å². The van der Waals surface area contributed by atoms with Crippen LogP contribution >= 0.6 is 11.8 Å². The normalized spacial score (nSPS) is 18.3. The number of aryl methyl sites for hydroxylation is 1. The molecule has 3 aromatic rings. The standard InChI is InChI=1S/C27H35N7O2S/c1-18(2)37-27-30-24(32-12-5-4-6-13-32)22-16-29-34(25(22)31-27)14-11-28-26(36)20-15-23(35)33(17-20)21-9-7-19(3)8-10-21/h7-10,16,18,20H,4-6,11-15,17H2,1-3H3,(H,28,36). The maximum Gasteiger partial charge on any atom is 0.227 e. The molecule has 4 heterocycles. The topological polar surface area (TPSA) is 96.2 Å². The van der Waals surface area contributed by atoms with Crippen LogP contribution in [0.25, 0.3) is 11.0 Å². The molecule has 2 aliphatic heterocycles. The number of amides is 2. The molecule has 0 radical (unpaired) electrons. The van der Waals surface area contributed by atoms with Gasteiger partial charge in [-0.2, -0.15) is 5.10 Å². The first-order valence-corrected chi connectivity index (χ1v) is 14.1. The summed E-state index contributed by atoms with van der Waals surface area (Å²) in [5.74, 6) is 0.493. The summed E-state index contributed by atoms with van der Waals surface area (Å²) in [6.07, 6.45) is 5.67. The minimum absolute atomic E-state index is 0.0146. The summed E-state index contributed by atoms with van der Waals surface area (Å²) in [7, 11) is 0. The van der Waals surface area contributed by atoms with Crippen LogP contribution in [-0.2, 0) is 16.1 Å². The fraction of sp³-hybridized carbons (Fsp3) is 0.519. The minimum atomic E-state index is -0.356. The van der Waals surface area contributed by atoms with Crippen LogP contribution in [0.2, 0.25) is 0 Å². The summed E-state index contributed by atoms with van der Waals surface area (Å²) >= 11 is 1.65. The van der Waals surface area contributed by atoms with Gasteiger partial charge in [-0.05, 0) is 38.3 Å². The number of carbonyl (C=O) groups excluding carboxylic acids is 2. The first-order chi connectivity index (χ1) is 17.9. The van der Waals surface area contributed by atoms with Gasteiger partial charge in [-0.1, -0.05) is 43.3 Å². The van der Waals surface area contributed by atoms with Gasteiger partial charge in [0.1, 0.15) is 5.82 Å². The highest BCUT2D eigenvalue weighted by Crippen LogP contribution is 2.30. The molecule has 1 unspecified atom stereocenters. The van der Waals surface area contributed by atoms with Crippen molar-refractivity contribution in [2.45, 2.75) is 63.4 Å². The Kier molecular flexibility index (Phi) is 7.64. The Balaban J connectivity index is 1.25. The lowest BCUT2D eigenvalue weighted by molar-refractivity contribution is -0.126. The number of carbonyl (C=O) groups is 2. The van der Waals surface area contributed by atoms with Crippen molar-refractivity contribution in [1.29, 1.82) is 0 Å². The van der Waals surface area contributed by atoms with E-state index in [0.29, 0.717) is 24.9 Å². The van der Waals surface area contributed by atoms with Crippen LogP contribution in [0.4, 0.5) is 11.5 Å². The van der Waals surface area contributed by atoms with Crippen molar-refractivity contribution in [3.05, 3.63) is 36.0 Å². The molecular formula is C27H35N7O2S. The van der Waals surface area contributed by atoms with Crippen molar-refractivity contribution < 1.29 is 9.59 Å². The highest BCUT2D eigenvalue weighted by molar-refractivity contribution is 7.99. The van der Waals surface area contributed by atoms with Crippen LogP contribution in [-0.4, -0.2) is 63.0 Å². The van der Waals surface area contributed by atoms with Crippen LogP contribution < -0.4 is 15.1 Å². The highest BCUT2D eigenvalue weighted by atomic mass is 32.2. The molecule has 0 bridgehead atoms. The molecule has 2 aromatic heterocycles. The Hall–Kier alpha value is -3.14. The fourth-order valence-electron chi connectivity index (χ4n) is 4.98. The van der Waals surface area contributed by atoms with Gasteiger partial charge in [-0.15, -0.1) is 0 Å². The predicted octanol–water partition coefficient (Wildman–Crippen LogP) is 3.79. The minimum Gasteiger partial charge on any atom is -0.356 e. The number of thioether (sulfide) groups is 1. The average Bonchev–Trinajstić information content (AvgIpc) is 3.48. The lowest BCUT2D eigenvalue weighted by atomic mass is 10.1. The average molecular weight is 522 g/mol. The van der Waals surface area contributed by atoms with E-state index in [4.69, 9.17) is 9.97 Å². The van der Waals surface area contributed by atoms with E-state index in [1.165, 1.54) is 19.3 Å². The van der Waals surface area contributed by atoms with Crippen LogP contribution in [0.1, 0.15) is 45.1 Å². The molecule has 37 heavy (non-hydrogen) atoms. The van der Waals surface area contributed by atoms with Gasteiger partial charge in [0.05, 0.1) is 24.0 Å². The second kappa shape index (κ2) is 11.1. The molecular weight excluding hydrogens is 486 g/mol. The zero-order valence-electron chi connectivity index (χ0n) is 21.8. The molecule has 0 aliphatic carbocycles. The molecule has 1 aromatic carbocycles.